The number of aromatic nitrogens is 1. The van der Waals surface area contributed by atoms with Gasteiger partial charge in [0.15, 0.2) is 0 Å². The topological polar surface area (TPSA) is 83.1 Å². The van der Waals surface area contributed by atoms with E-state index in [1.165, 1.54) is 6.26 Å². The molecular weight excluding hydrogens is 236 g/mol. The van der Waals surface area contributed by atoms with Crippen molar-refractivity contribution in [2.24, 2.45) is 5.73 Å². The van der Waals surface area contributed by atoms with E-state index in [0.717, 1.165) is 31.7 Å². The van der Waals surface area contributed by atoms with Crippen LogP contribution < -0.4 is 10.6 Å². The molecule has 6 heteroatoms. The lowest BCUT2D eigenvalue weighted by Gasteiger charge is -2.31. The standard InChI is InChI=1S/C11H18N4OS/c1-17(13,16)11-4-2-3-10(14-11)15-7-5-9(12)6-8-15/h2-4,9,13H,5-8,12H2,1H3. The Morgan fingerprint density at radius 1 is 1.47 bits per heavy atom. The molecule has 1 aromatic rings. The molecule has 0 radical (unpaired) electrons. The largest absolute Gasteiger partial charge is 0.356 e. The molecule has 1 saturated heterocycles. The van der Waals surface area contributed by atoms with Crippen molar-refractivity contribution >= 4 is 15.5 Å². The minimum atomic E-state index is -2.74. The Kier molecular flexibility index (Phi) is 3.35. The smallest absolute Gasteiger partial charge is 0.137 e. The first-order valence-corrected chi connectivity index (χ1v) is 7.65. The van der Waals surface area contributed by atoms with Gasteiger partial charge in [-0.2, -0.15) is 0 Å². The number of nitrogens with zero attached hydrogens (tertiary/aromatic N) is 2. The molecule has 17 heavy (non-hydrogen) atoms. The third-order valence-corrected chi connectivity index (χ3v) is 4.00. The molecule has 0 aromatic carbocycles. The van der Waals surface area contributed by atoms with E-state index in [1.54, 1.807) is 6.07 Å². The van der Waals surface area contributed by atoms with Gasteiger partial charge in [-0.25, -0.2) is 14.0 Å². The zero-order chi connectivity index (χ0) is 12.5. The number of nitrogens with two attached hydrogens (primary N) is 1. The number of anilines is 1. The van der Waals surface area contributed by atoms with Crippen LogP contribution in [0.15, 0.2) is 23.2 Å². The van der Waals surface area contributed by atoms with Crippen molar-refractivity contribution < 1.29 is 4.21 Å². The van der Waals surface area contributed by atoms with E-state index in [4.69, 9.17) is 10.5 Å². The van der Waals surface area contributed by atoms with Gasteiger partial charge >= 0.3 is 0 Å². The lowest BCUT2D eigenvalue weighted by molar-refractivity contribution is 0.498. The van der Waals surface area contributed by atoms with Crippen molar-refractivity contribution in [2.75, 3.05) is 24.2 Å². The first-order valence-electron chi connectivity index (χ1n) is 5.68. The van der Waals surface area contributed by atoms with Gasteiger partial charge in [0.2, 0.25) is 0 Å². The van der Waals surface area contributed by atoms with Crippen LogP contribution in [0.1, 0.15) is 12.8 Å². The number of hydrogen-bond donors (Lipinski definition) is 2. The van der Waals surface area contributed by atoms with Crippen LogP contribution in [-0.4, -0.2) is 34.6 Å². The molecule has 0 amide bonds. The summed E-state index contributed by atoms with van der Waals surface area (Å²) in [6, 6.07) is 5.63. The minimum Gasteiger partial charge on any atom is -0.356 e. The van der Waals surface area contributed by atoms with Crippen LogP contribution in [0.4, 0.5) is 5.82 Å². The van der Waals surface area contributed by atoms with E-state index in [2.05, 4.69) is 9.88 Å². The maximum atomic E-state index is 11.6. The van der Waals surface area contributed by atoms with Crippen LogP contribution in [0.25, 0.3) is 0 Å². The summed E-state index contributed by atoms with van der Waals surface area (Å²) in [4.78, 5) is 6.45. The molecule has 94 valence electrons. The van der Waals surface area contributed by atoms with Crippen molar-refractivity contribution in [3.05, 3.63) is 18.2 Å². The fourth-order valence-corrected chi connectivity index (χ4v) is 2.53. The summed E-state index contributed by atoms with van der Waals surface area (Å²) in [5.74, 6) is 0.802. The maximum Gasteiger partial charge on any atom is 0.137 e. The van der Waals surface area contributed by atoms with Gasteiger partial charge in [0.05, 0.1) is 9.73 Å². The number of piperidine rings is 1. The van der Waals surface area contributed by atoms with Crippen LogP contribution in [0, 0.1) is 4.78 Å². The van der Waals surface area contributed by atoms with Crippen molar-refractivity contribution in [1.82, 2.24) is 4.98 Å². The van der Waals surface area contributed by atoms with E-state index >= 15 is 0 Å². The highest BCUT2D eigenvalue weighted by molar-refractivity contribution is 7.91. The predicted octanol–water partition coefficient (Wildman–Crippen LogP) is 1.04. The molecule has 1 aliphatic rings. The highest BCUT2D eigenvalue weighted by atomic mass is 32.2. The van der Waals surface area contributed by atoms with Crippen molar-refractivity contribution in [3.63, 3.8) is 0 Å². The molecule has 0 saturated carbocycles. The Balaban J connectivity index is 2.22. The minimum absolute atomic E-state index is 0.279. The molecular formula is C11H18N4OS. The van der Waals surface area contributed by atoms with E-state index < -0.39 is 9.73 Å². The highest BCUT2D eigenvalue weighted by Gasteiger charge is 2.18. The molecule has 2 heterocycles. The second kappa shape index (κ2) is 4.62. The zero-order valence-electron chi connectivity index (χ0n) is 9.93. The van der Waals surface area contributed by atoms with Crippen LogP contribution in [0.5, 0.6) is 0 Å². The summed E-state index contributed by atoms with van der Waals surface area (Å²) < 4.78 is 19.2. The fourth-order valence-electron chi connectivity index (χ4n) is 1.93. The molecule has 1 aliphatic heterocycles. The molecule has 0 bridgehead atoms. The summed E-state index contributed by atoms with van der Waals surface area (Å²) >= 11 is 0. The van der Waals surface area contributed by atoms with Gasteiger partial charge in [0.25, 0.3) is 0 Å². The second-order valence-electron chi connectivity index (χ2n) is 4.50. The zero-order valence-corrected chi connectivity index (χ0v) is 10.7. The van der Waals surface area contributed by atoms with Crippen LogP contribution in [-0.2, 0) is 9.73 Å². The SMILES string of the molecule is CS(=N)(=O)c1cccc(N2CCC(N)CC2)n1. The third-order valence-electron chi connectivity index (χ3n) is 2.97. The fraction of sp³-hybridized carbons (Fsp3) is 0.545. The van der Waals surface area contributed by atoms with E-state index in [0.29, 0.717) is 5.03 Å². The first kappa shape index (κ1) is 12.3. The van der Waals surface area contributed by atoms with Gasteiger partial charge in [-0.15, -0.1) is 0 Å². The number of pyridine rings is 1. The van der Waals surface area contributed by atoms with Gasteiger partial charge < -0.3 is 10.6 Å². The summed E-state index contributed by atoms with van der Waals surface area (Å²) in [6.07, 6.45) is 3.30. The molecule has 1 aromatic heterocycles. The summed E-state index contributed by atoms with van der Waals surface area (Å²) in [6.45, 7) is 1.75. The van der Waals surface area contributed by atoms with Crippen molar-refractivity contribution in [2.45, 2.75) is 23.9 Å². The average Bonchev–Trinajstić information content (AvgIpc) is 2.29. The van der Waals surface area contributed by atoms with Gasteiger partial charge in [-0.05, 0) is 25.0 Å². The molecule has 1 fully saturated rings. The van der Waals surface area contributed by atoms with Crippen LogP contribution in [0.2, 0.25) is 0 Å². The predicted molar refractivity (Wildman–Crippen MR) is 68.7 cm³/mol. The summed E-state index contributed by atoms with van der Waals surface area (Å²) in [5.41, 5.74) is 5.85. The Hall–Kier alpha value is -1.14. The third kappa shape index (κ3) is 2.95. The maximum absolute atomic E-state index is 11.6. The normalized spacial score (nSPS) is 21.2. The Labute approximate surface area is 102 Å². The molecule has 0 aliphatic carbocycles. The van der Waals surface area contributed by atoms with Crippen LogP contribution >= 0.6 is 0 Å². The van der Waals surface area contributed by atoms with Gasteiger partial charge in [-0.1, -0.05) is 6.07 Å². The number of rotatable bonds is 2. The van der Waals surface area contributed by atoms with Gasteiger partial charge in [0.1, 0.15) is 10.8 Å². The molecule has 2 rings (SSSR count). The van der Waals surface area contributed by atoms with Crippen molar-refractivity contribution in [3.8, 4) is 0 Å². The monoisotopic (exact) mass is 254 g/mol. The Bertz CT molecular complexity index is 492. The first-order chi connectivity index (χ1) is 7.97. The van der Waals surface area contributed by atoms with Crippen LogP contribution in [0.3, 0.4) is 0 Å². The molecule has 1 unspecified atom stereocenters. The van der Waals surface area contributed by atoms with Gasteiger partial charge in [-0.3, -0.25) is 0 Å². The molecule has 0 spiro atoms. The quantitative estimate of drug-likeness (QED) is 0.826. The Morgan fingerprint density at radius 2 is 2.12 bits per heavy atom. The summed E-state index contributed by atoms with van der Waals surface area (Å²) in [7, 11) is -2.74. The van der Waals surface area contributed by atoms with E-state index in [1.807, 2.05) is 12.1 Å². The lowest BCUT2D eigenvalue weighted by Crippen LogP contribution is -2.40. The van der Waals surface area contributed by atoms with E-state index in [-0.39, 0.29) is 6.04 Å². The Morgan fingerprint density at radius 3 is 2.71 bits per heavy atom. The highest BCUT2D eigenvalue weighted by Crippen LogP contribution is 2.19. The van der Waals surface area contributed by atoms with E-state index in [9.17, 15) is 4.21 Å². The number of hydrogen-bond acceptors (Lipinski definition) is 5. The second-order valence-corrected chi connectivity index (χ2v) is 6.61. The van der Waals surface area contributed by atoms with Gasteiger partial charge in [0, 0.05) is 25.4 Å². The molecule has 3 N–H and O–H groups in total. The average molecular weight is 254 g/mol. The molecule has 5 nitrogen and oxygen atoms in total. The lowest BCUT2D eigenvalue weighted by atomic mass is 10.1. The summed E-state index contributed by atoms with van der Waals surface area (Å²) in [5, 5.41) is 0.352. The number of nitrogens with one attached hydrogen (secondary N) is 1. The molecule has 1 atom stereocenters. The van der Waals surface area contributed by atoms with Crippen molar-refractivity contribution in [1.29, 1.82) is 4.78 Å².